The van der Waals surface area contributed by atoms with Crippen LogP contribution in [0.15, 0.2) is 48.5 Å². The Bertz CT molecular complexity index is 728. The molecule has 1 unspecified atom stereocenters. The molecule has 2 aromatic carbocycles. The van der Waals surface area contributed by atoms with Gasteiger partial charge in [0.05, 0.1) is 19.7 Å². The van der Waals surface area contributed by atoms with Crippen LogP contribution in [0.1, 0.15) is 49.7 Å². The molecule has 3 atom stereocenters. The summed E-state index contributed by atoms with van der Waals surface area (Å²) in [5.74, 6) is 2.63. The third-order valence-electron chi connectivity index (χ3n) is 6.40. The molecule has 0 spiro atoms. The van der Waals surface area contributed by atoms with E-state index in [4.69, 9.17) is 9.47 Å². The normalized spacial score (nSPS) is 24.9. The Kier molecular flexibility index (Phi) is 5.98. The van der Waals surface area contributed by atoms with Crippen molar-refractivity contribution in [3.8, 4) is 11.5 Å². The first-order valence-electron chi connectivity index (χ1n) is 10.5. The molecule has 1 aliphatic carbocycles. The first-order valence-corrected chi connectivity index (χ1v) is 10.5. The Labute approximate surface area is 163 Å². The zero-order valence-electron chi connectivity index (χ0n) is 16.5. The first kappa shape index (κ1) is 18.4. The summed E-state index contributed by atoms with van der Waals surface area (Å²) < 4.78 is 11.6. The Morgan fingerprint density at radius 1 is 0.889 bits per heavy atom. The van der Waals surface area contributed by atoms with Gasteiger partial charge in [-0.25, -0.2) is 0 Å². The Morgan fingerprint density at radius 2 is 1.70 bits per heavy atom. The second kappa shape index (κ2) is 8.79. The van der Waals surface area contributed by atoms with Crippen molar-refractivity contribution in [1.29, 1.82) is 0 Å². The Hall–Kier alpha value is -2.00. The number of quaternary nitrogens is 1. The molecule has 1 saturated heterocycles. The van der Waals surface area contributed by atoms with Crippen molar-refractivity contribution in [3.63, 3.8) is 0 Å². The van der Waals surface area contributed by atoms with Crippen LogP contribution in [0.4, 0.5) is 0 Å². The molecule has 1 heterocycles. The molecule has 0 aromatic heterocycles. The highest BCUT2D eigenvalue weighted by molar-refractivity contribution is 5.43. The van der Waals surface area contributed by atoms with Gasteiger partial charge in [-0.3, -0.25) is 0 Å². The van der Waals surface area contributed by atoms with Gasteiger partial charge in [0.15, 0.2) is 11.5 Å². The maximum absolute atomic E-state index is 6.01. The largest absolute Gasteiger partial charge is 0.493 e. The molecule has 3 heteroatoms. The van der Waals surface area contributed by atoms with Crippen molar-refractivity contribution >= 4 is 0 Å². The van der Waals surface area contributed by atoms with Crippen molar-refractivity contribution < 1.29 is 14.4 Å². The number of benzene rings is 2. The van der Waals surface area contributed by atoms with Gasteiger partial charge in [-0.1, -0.05) is 36.8 Å². The van der Waals surface area contributed by atoms with Gasteiger partial charge >= 0.3 is 0 Å². The molecule has 1 N–H and O–H groups in total. The SMILES string of the molecule is COc1cc(C[NH+]2CCC[C@H]3CCCC[C@@H]32)ccc1OCc1ccccc1. The molecule has 0 radical (unpaired) electrons. The van der Waals surface area contributed by atoms with Gasteiger partial charge < -0.3 is 14.4 Å². The van der Waals surface area contributed by atoms with Crippen LogP contribution in [0.5, 0.6) is 11.5 Å². The van der Waals surface area contributed by atoms with E-state index in [-0.39, 0.29) is 0 Å². The van der Waals surface area contributed by atoms with Gasteiger partial charge in [0.2, 0.25) is 0 Å². The summed E-state index contributed by atoms with van der Waals surface area (Å²) >= 11 is 0. The number of nitrogens with one attached hydrogen (secondary N) is 1. The average molecular weight is 367 g/mol. The molecule has 4 rings (SSSR count). The van der Waals surface area contributed by atoms with E-state index in [1.807, 2.05) is 18.2 Å². The highest BCUT2D eigenvalue weighted by Crippen LogP contribution is 2.30. The van der Waals surface area contributed by atoms with Crippen LogP contribution in [-0.4, -0.2) is 19.7 Å². The van der Waals surface area contributed by atoms with Crippen LogP contribution in [0, 0.1) is 5.92 Å². The Morgan fingerprint density at radius 3 is 2.56 bits per heavy atom. The van der Waals surface area contributed by atoms with Crippen molar-refractivity contribution in [3.05, 3.63) is 59.7 Å². The lowest BCUT2D eigenvalue weighted by molar-refractivity contribution is -0.949. The molecule has 0 amide bonds. The summed E-state index contributed by atoms with van der Waals surface area (Å²) in [6.07, 6.45) is 8.55. The highest BCUT2D eigenvalue weighted by atomic mass is 16.5. The molecule has 144 valence electrons. The molecule has 2 fully saturated rings. The smallest absolute Gasteiger partial charge is 0.161 e. The number of piperidine rings is 1. The van der Waals surface area contributed by atoms with Crippen LogP contribution < -0.4 is 14.4 Å². The first-order chi connectivity index (χ1) is 13.3. The van der Waals surface area contributed by atoms with E-state index in [1.54, 1.807) is 12.0 Å². The molecule has 2 aliphatic rings. The third-order valence-corrected chi connectivity index (χ3v) is 6.40. The van der Waals surface area contributed by atoms with Crippen molar-refractivity contribution in [1.82, 2.24) is 0 Å². The molecule has 1 saturated carbocycles. The highest BCUT2D eigenvalue weighted by Gasteiger charge is 2.36. The maximum Gasteiger partial charge on any atom is 0.161 e. The summed E-state index contributed by atoms with van der Waals surface area (Å²) in [4.78, 5) is 1.78. The third kappa shape index (κ3) is 4.47. The predicted molar refractivity (Wildman–Crippen MR) is 108 cm³/mol. The number of likely N-dealkylation sites (tertiary alicyclic amines) is 1. The lowest BCUT2D eigenvalue weighted by Crippen LogP contribution is -3.16. The van der Waals surface area contributed by atoms with Crippen LogP contribution >= 0.6 is 0 Å². The van der Waals surface area contributed by atoms with Crippen molar-refractivity contribution in [2.45, 2.75) is 57.7 Å². The Balaban J connectivity index is 1.43. The monoisotopic (exact) mass is 366 g/mol. The van der Waals surface area contributed by atoms with E-state index in [2.05, 4.69) is 30.3 Å². The number of rotatable bonds is 6. The summed E-state index contributed by atoms with van der Waals surface area (Å²) in [6.45, 7) is 2.99. The van der Waals surface area contributed by atoms with E-state index in [9.17, 15) is 0 Å². The summed E-state index contributed by atoms with van der Waals surface area (Å²) in [7, 11) is 1.74. The number of fused-ring (bicyclic) bond motifs is 1. The number of hydrogen-bond acceptors (Lipinski definition) is 2. The van der Waals surface area contributed by atoms with E-state index >= 15 is 0 Å². The molecule has 0 bridgehead atoms. The van der Waals surface area contributed by atoms with Crippen molar-refractivity contribution in [2.75, 3.05) is 13.7 Å². The van der Waals surface area contributed by atoms with E-state index in [0.717, 1.165) is 30.0 Å². The van der Waals surface area contributed by atoms with Crippen LogP contribution in [0.3, 0.4) is 0 Å². The zero-order valence-corrected chi connectivity index (χ0v) is 16.5. The maximum atomic E-state index is 6.01. The molecule has 2 aromatic rings. The minimum atomic E-state index is 0.567. The van der Waals surface area contributed by atoms with Gasteiger partial charge in [0.25, 0.3) is 0 Å². The summed E-state index contributed by atoms with van der Waals surface area (Å²) in [5, 5.41) is 0. The van der Waals surface area contributed by atoms with E-state index < -0.39 is 0 Å². The summed E-state index contributed by atoms with van der Waals surface area (Å²) in [5.41, 5.74) is 2.53. The minimum absolute atomic E-state index is 0.567. The number of hydrogen-bond donors (Lipinski definition) is 1. The van der Waals surface area contributed by atoms with Gasteiger partial charge in [-0.15, -0.1) is 0 Å². The lowest BCUT2D eigenvalue weighted by Gasteiger charge is -2.41. The van der Waals surface area contributed by atoms with Gasteiger partial charge in [-0.2, -0.15) is 0 Å². The van der Waals surface area contributed by atoms with Crippen molar-refractivity contribution in [2.24, 2.45) is 5.92 Å². The molecule has 27 heavy (non-hydrogen) atoms. The number of ether oxygens (including phenoxy) is 2. The lowest BCUT2D eigenvalue weighted by atomic mass is 9.78. The molecule has 3 nitrogen and oxygen atoms in total. The second-order valence-electron chi connectivity index (χ2n) is 8.14. The fourth-order valence-corrected chi connectivity index (χ4v) is 5.03. The van der Waals surface area contributed by atoms with Gasteiger partial charge in [0, 0.05) is 11.5 Å². The fourth-order valence-electron chi connectivity index (χ4n) is 5.03. The second-order valence-corrected chi connectivity index (χ2v) is 8.14. The zero-order chi connectivity index (χ0) is 18.5. The summed E-state index contributed by atoms with van der Waals surface area (Å²) in [6, 6.07) is 17.6. The number of methoxy groups -OCH3 is 1. The van der Waals surface area contributed by atoms with E-state index in [1.165, 1.54) is 56.2 Å². The molecular weight excluding hydrogens is 334 g/mol. The standard InChI is InChI=1S/C24H31NO2/c1-26-24-16-20(13-14-23(24)27-18-19-8-3-2-4-9-19)17-25-15-7-11-21-10-5-6-12-22(21)25/h2-4,8-9,13-14,16,21-22H,5-7,10-12,15,17-18H2,1H3/p+1/t21-,22+/m1/s1. The van der Waals surface area contributed by atoms with Gasteiger partial charge in [-0.05, 0) is 55.9 Å². The predicted octanol–water partition coefficient (Wildman–Crippen LogP) is 4.01. The van der Waals surface area contributed by atoms with E-state index in [0.29, 0.717) is 6.61 Å². The average Bonchev–Trinajstić information content (AvgIpc) is 2.74. The molecular formula is C24H32NO2+. The van der Waals surface area contributed by atoms with Gasteiger partial charge in [0.1, 0.15) is 13.2 Å². The topological polar surface area (TPSA) is 22.9 Å². The quantitative estimate of drug-likeness (QED) is 0.835. The van der Waals surface area contributed by atoms with Crippen LogP contribution in [0.2, 0.25) is 0 Å². The van der Waals surface area contributed by atoms with Crippen LogP contribution in [-0.2, 0) is 13.2 Å². The molecule has 1 aliphatic heterocycles. The minimum Gasteiger partial charge on any atom is -0.493 e. The fraction of sp³-hybridized carbons (Fsp3) is 0.500. The van der Waals surface area contributed by atoms with Crippen LogP contribution in [0.25, 0.3) is 0 Å².